The number of urea groups is 1. The van der Waals surface area contributed by atoms with Gasteiger partial charge in [0.1, 0.15) is 19.0 Å². The lowest BCUT2D eigenvalue weighted by atomic mass is 9.95. The van der Waals surface area contributed by atoms with E-state index in [4.69, 9.17) is 9.47 Å². The van der Waals surface area contributed by atoms with Crippen LogP contribution in [-0.2, 0) is 22.7 Å². The molecular weight excluding hydrogens is 416 g/mol. The van der Waals surface area contributed by atoms with Crippen molar-refractivity contribution in [2.45, 2.75) is 26.2 Å². The summed E-state index contributed by atoms with van der Waals surface area (Å²) >= 11 is 0. The zero-order valence-electron chi connectivity index (χ0n) is 18.7. The fraction of sp³-hybridized carbons (Fsp3) is 0.185. The Morgan fingerprint density at radius 1 is 0.879 bits per heavy atom. The molecule has 0 radical (unpaired) electrons. The molecule has 168 valence electrons. The molecule has 1 N–H and O–H groups in total. The zero-order chi connectivity index (χ0) is 23.2. The second-order valence-electron chi connectivity index (χ2n) is 7.85. The van der Waals surface area contributed by atoms with Gasteiger partial charge >= 0.3 is 12.0 Å². The standard InChI is InChI=1S/C27H26N2O4/c1-19-24(26(30)33-18-21-11-7-4-8-12-21)25(28-27(31)29(19)2)22-13-15-23(16-14-22)32-17-20-9-5-3-6-10-20/h3-16,25H,17-18H2,1-2H3,(H,28,31)/t25-/m0/s1. The van der Waals surface area contributed by atoms with Crippen LogP contribution in [0, 0.1) is 0 Å². The first kappa shape index (κ1) is 22.1. The van der Waals surface area contributed by atoms with E-state index < -0.39 is 12.0 Å². The first-order chi connectivity index (χ1) is 16.0. The summed E-state index contributed by atoms with van der Waals surface area (Å²) in [5.41, 5.74) is 3.71. The number of hydrogen-bond donors (Lipinski definition) is 1. The molecule has 0 unspecified atom stereocenters. The molecule has 1 atom stereocenters. The number of nitrogens with zero attached hydrogens (tertiary/aromatic N) is 1. The highest BCUT2D eigenvalue weighted by Gasteiger charge is 2.35. The van der Waals surface area contributed by atoms with Crippen LogP contribution < -0.4 is 10.1 Å². The van der Waals surface area contributed by atoms with E-state index in [0.29, 0.717) is 23.6 Å². The Morgan fingerprint density at radius 2 is 1.45 bits per heavy atom. The van der Waals surface area contributed by atoms with Gasteiger partial charge in [-0.05, 0) is 35.7 Å². The fourth-order valence-corrected chi connectivity index (χ4v) is 3.65. The third-order valence-electron chi connectivity index (χ3n) is 5.65. The van der Waals surface area contributed by atoms with E-state index in [1.54, 1.807) is 14.0 Å². The van der Waals surface area contributed by atoms with Gasteiger partial charge in [-0.25, -0.2) is 9.59 Å². The summed E-state index contributed by atoms with van der Waals surface area (Å²) in [6, 6.07) is 25.9. The molecule has 6 nitrogen and oxygen atoms in total. The van der Waals surface area contributed by atoms with Crippen molar-refractivity contribution in [1.29, 1.82) is 0 Å². The molecule has 2 amide bonds. The number of allylic oxidation sites excluding steroid dienone is 1. The summed E-state index contributed by atoms with van der Waals surface area (Å²) in [6.45, 7) is 2.37. The summed E-state index contributed by atoms with van der Waals surface area (Å²) < 4.78 is 11.4. The molecule has 0 fully saturated rings. The fourth-order valence-electron chi connectivity index (χ4n) is 3.65. The van der Waals surface area contributed by atoms with Gasteiger partial charge in [-0.2, -0.15) is 0 Å². The van der Waals surface area contributed by atoms with Crippen LogP contribution in [0.2, 0.25) is 0 Å². The van der Waals surface area contributed by atoms with E-state index in [1.165, 1.54) is 4.90 Å². The Labute approximate surface area is 193 Å². The molecule has 0 aromatic heterocycles. The van der Waals surface area contributed by atoms with Crippen LogP contribution in [0.25, 0.3) is 0 Å². The number of carbonyl (C=O) groups excluding carboxylic acids is 2. The number of benzene rings is 3. The molecule has 0 saturated carbocycles. The van der Waals surface area contributed by atoms with Crippen LogP contribution >= 0.6 is 0 Å². The van der Waals surface area contributed by atoms with E-state index in [9.17, 15) is 9.59 Å². The summed E-state index contributed by atoms with van der Waals surface area (Å²) in [7, 11) is 1.63. The molecule has 3 aromatic carbocycles. The van der Waals surface area contributed by atoms with E-state index in [0.717, 1.165) is 16.7 Å². The normalized spacial score (nSPS) is 15.8. The topological polar surface area (TPSA) is 67.9 Å². The minimum atomic E-state index is -0.611. The van der Waals surface area contributed by atoms with Gasteiger partial charge in [-0.3, -0.25) is 0 Å². The second-order valence-corrected chi connectivity index (χ2v) is 7.85. The number of carbonyl (C=O) groups is 2. The lowest BCUT2D eigenvalue weighted by molar-refractivity contribution is -0.141. The Bertz CT molecular complexity index is 1140. The van der Waals surface area contributed by atoms with Gasteiger partial charge in [0, 0.05) is 12.7 Å². The number of rotatable bonds is 7. The highest BCUT2D eigenvalue weighted by molar-refractivity contribution is 5.95. The number of nitrogens with one attached hydrogen (secondary N) is 1. The SMILES string of the molecule is CC1=C(C(=O)OCc2ccccc2)[C@H](c2ccc(OCc3ccccc3)cc2)NC(=O)N1C. The molecule has 0 saturated heterocycles. The van der Waals surface area contributed by atoms with E-state index >= 15 is 0 Å². The quantitative estimate of drug-likeness (QED) is 0.524. The first-order valence-corrected chi connectivity index (χ1v) is 10.8. The average Bonchev–Trinajstić information content (AvgIpc) is 2.86. The molecule has 4 rings (SSSR count). The predicted octanol–water partition coefficient (Wildman–Crippen LogP) is 4.98. The lowest BCUT2D eigenvalue weighted by Gasteiger charge is -2.33. The molecule has 1 aliphatic rings. The molecule has 1 aliphatic heterocycles. The van der Waals surface area contributed by atoms with Gasteiger partial charge in [-0.15, -0.1) is 0 Å². The number of amides is 2. The van der Waals surface area contributed by atoms with Crippen molar-refractivity contribution in [3.63, 3.8) is 0 Å². The molecule has 0 bridgehead atoms. The molecule has 0 aliphatic carbocycles. The third-order valence-corrected chi connectivity index (χ3v) is 5.65. The second kappa shape index (κ2) is 10.0. The maximum Gasteiger partial charge on any atom is 0.338 e. The van der Waals surface area contributed by atoms with Crippen molar-refractivity contribution in [3.8, 4) is 5.75 Å². The van der Waals surface area contributed by atoms with Gasteiger partial charge < -0.3 is 19.7 Å². The minimum absolute atomic E-state index is 0.160. The molecule has 33 heavy (non-hydrogen) atoms. The van der Waals surface area contributed by atoms with E-state index in [2.05, 4.69) is 5.32 Å². The largest absolute Gasteiger partial charge is 0.489 e. The van der Waals surface area contributed by atoms with Crippen LogP contribution in [0.3, 0.4) is 0 Å². The highest BCUT2D eigenvalue weighted by atomic mass is 16.5. The Kier molecular flexibility index (Phi) is 6.74. The van der Waals surface area contributed by atoms with Crippen LogP contribution in [-0.4, -0.2) is 23.9 Å². The lowest BCUT2D eigenvalue weighted by Crippen LogP contribution is -2.46. The van der Waals surface area contributed by atoms with Crippen molar-refractivity contribution in [1.82, 2.24) is 10.2 Å². The first-order valence-electron chi connectivity index (χ1n) is 10.8. The molecule has 0 spiro atoms. The number of esters is 1. The van der Waals surface area contributed by atoms with Crippen molar-refractivity contribution in [3.05, 3.63) is 113 Å². The van der Waals surface area contributed by atoms with E-state index in [-0.39, 0.29) is 12.6 Å². The number of hydrogen-bond acceptors (Lipinski definition) is 4. The van der Waals surface area contributed by atoms with E-state index in [1.807, 2.05) is 84.9 Å². The van der Waals surface area contributed by atoms with Gasteiger partial charge in [0.05, 0.1) is 11.6 Å². The van der Waals surface area contributed by atoms with Gasteiger partial charge in [-0.1, -0.05) is 72.8 Å². The summed E-state index contributed by atoms with van der Waals surface area (Å²) in [5.74, 6) is 0.244. The Hall–Kier alpha value is -4.06. The van der Waals surface area contributed by atoms with Gasteiger partial charge in [0.2, 0.25) is 0 Å². The van der Waals surface area contributed by atoms with Crippen molar-refractivity contribution < 1.29 is 19.1 Å². The van der Waals surface area contributed by atoms with Crippen molar-refractivity contribution in [2.75, 3.05) is 7.05 Å². The Balaban J connectivity index is 1.51. The minimum Gasteiger partial charge on any atom is -0.489 e. The van der Waals surface area contributed by atoms with Gasteiger partial charge in [0.15, 0.2) is 0 Å². The van der Waals surface area contributed by atoms with Crippen molar-refractivity contribution >= 4 is 12.0 Å². The molecule has 3 aromatic rings. The zero-order valence-corrected chi connectivity index (χ0v) is 18.7. The Morgan fingerprint density at radius 3 is 2.06 bits per heavy atom. The summed E-state index contributed by atoms with van der Waals surface area (Å²) in [5, 5.41) is 2.91. The molecule has 6 heteroatoms. The maximum absolute atomic E-state index is 13.1. The van der Waals surface area contributed by atoms with Gasteiger partial charge in [0.25, 0.3) is 0 Å². The van der Waals surface area contributed by atoms with Crippen LogP contribution in [0.15, 0.2) is 96.2 Å². The van der Waals surface area contributed by atoms with Crippen molar-refractivity contribution in [2.24, 2.45) is 0 Å². The number of ether oxygens (including phenoxy) is 2. The summed E-state index contributed by atoms with van der Waals surface area (Å²) in [6.07, 6.45) is 0. The maximum atomic E-state index is 13.1. The average molecular weight is 443 g/mol. The van der Waals surface area contributed by atoms with Crippen LogP contribution in [0.1, 0.15) is 29.7 Å². The highest BCUT2D eigenvalue weighted by Crippen LogP contribution is 2.32. The summed E-state index contributed by atoms with van der Waals surface area (Å²) in [4.78, 5) is 27.0. The smallest absolute Gasteiger partial charge is 0.338 e. The monoisotopic (exact) mass is 442 g/mol. The third kappa shape index (κ3) is 5.23. The van der Waals surface area contributed by atoms with Crippen LogP contribution in [0.5, 0.6) is 5.75 Å². The van der Waals surface area contributed by atoms with Crippen LogP contribution in [0.4, 0.5) is 4.79 Å². The molecule has 1 heterocycles. The predicted molar refractivity (Wildman–Crippen MR) is 125 cm³/mol. The molecular formula is C27H26N2O4.